The quantitative estimate of drug-likeness (QED) is 0.928. The summed E-state index contributed by atoms with van der Waals surface area (Å²) >= 11 is 0. The van der Waals surface area contributed by atoms with Crippen molar-refractivity contribution in [2.24, 2.45) is 17.8 Å². The Morgan fingerprint density at radius 3 is 2.87 bits per heavy atom. The molecule has 6 heteroatoms. The smallest absolute Gasteiger partial charge is 0.317 e. The molecule has 4 rings (SSSR count). The molecule has 23 heavy (non-hydrogen) atoms. The minimum atomic E-state index is 0.0990. The van der Waals surface area contributed by atoms with Crippen LogP contribution in [-0.2, 0) is 0 Å². The van der Waals surface area contributed by atoms with Crippen LogP contribution >= 0.6 is 0 Å². The summed E-state index contributed by atoms with van der Waals surface area (Å²) in [7, 11) is 0. The highest BCUT2D eigenvalue weighted by molar-refractivity contribution is 5.74. The molecule has 1 N–H and O–H groups in total. The van der Waals surface area contributed by atoms with Crippen molar-refractivity contribution >= 4 is 6.03 Å². The van der Waals surface area contributed by atoms with E-state index < -0.39 is 0 Å². The molecule has 2 aliphatic carbocycles. The van der Waals surface area contributed by atoms with Gasteiger partial charge in [-0.15, -0.1) is 0 Å². The first-order valence-corrected chi connectivity index (χ1v) is 9.18. The van der Waals surface area contributed by atoms with E-state index in [4.69, 9.17) is 0 Å². The van der Waals surface area contributed by atoms with E-state index in [1.165, 1.54) is 38.5 Å². The minimum absolute atomic E-state index is 0.0990. The van der Waals surface area contributed by atoms with Crippen LogP contribution in [0.3, 0.4) is 0 Å². The highest BCUT2D eigenvalue weighted by atomic mass is 16.2. The number of hydrogen-bond acceptors (Lipinski definition) is 3. The Labute approximate surface area is 137 Å². The maximum Gasteiger partial charge on any atom is 0.317 e. The van der Waals surface area contributed by atoms with Gasteiger partial charge in [0.05, 0.1) is 6.04 Å². The van der Waals surface area contributed by atoms with E-state index in [1.54, 1.807) is 12.7 Å². The zero-order valence-corrected chi connectivity index (χ0v) is 13.7. The van der Waals surface area contributed by atoms with Gasteiger partial charge in [0.2, 0.25) is 0 Å². The maximum atomic E-state index is 12.3. The molecule has 3 aliphatic rings. The van der Waals surface area contributed by atoms with Gasteiger partial charge < -0.3 is 10.2 Å². The van der Waals surface area contributed by atoms with Gasteiger partial charge in [0, 0.05) is 19.6 Å². The molecule has 2 saturated carbocycles. The van der Waals surface area contributed by atoms with Crippen molar-refractivity contribution in [1.29, 1.82) is 0 Å². The number of hydrogen-bond donors (Lipinski definition) is 1. The number of urea groups is 1. The molecule has 0 radical (unpaired) electrons. The maximum absolute atomic E-state index is 12.3. The Balaban J connectivity index is 1.19. The Bertz CT molecular complexity index is 525. The van der Waals surface area contributed by atoms with E-state index >= 15 is 0 Å². The number of rotatable bonds is 4. The van der Waals surface area contributed by atoms with Crippen LogP contribution in [0.2, 0.25) is 0 Å². The summed E-state index contributed by atoms with van der Waals surface area (Å²) in [6.07, 6.45) is 12.7. The standard InChI is InChI=1S/C17H27N5O/c23-17(21-7-6-15(10-21)22-12-18-11-20-22)19-9-14-8-16(14)13-4-2-1-3-5-13/h11-16H,1-10H2,(H,19,23)/t14-,15?,16-/m0/s1. The third-order valence-electron chi connectivity index (χ3n) is 6.01. The number of nitrogens with zero attached hydrogens (tertiary/aromatic N) is 4. The third kappa shape index (κ3) is 3.35. The molecule has 6 nitrogen and oxygen atoms in total. The fraction of sp³-hybridized carbons (Fsp3) is 0.824. The molecule has 0 bridgehead atoms. The SMILES string of the molecule is O=C(NC[C@@H]1C[C@H]1C1CCCCC1)N1CCC(n2cncn2)C1. The molecule has 0 spiro atoms. The zero-order valence-electron chi connectivity index (χ0n) is 13.7. The highest BCUT2D eigenvalue weighted by Gasteiger charge is 2.43. The molecule has 1 saturated heterocycles. The zero-order chi connectivity index (χ0) is 15.6. The van der Waals surface area contributed by atoms with Crippen molar-refractivity contribution in [2.75, 3.05) is 19.6 Å². The summed E-state index contributed by atoms with van der Waals surface area (Å²) in [5, 5.41) is 7.35. The second-order valence-corrected chi connectivity index (χ2v) is 7.51. The van der Waals surface area contributed by atoms with Gasteiger partial charge in [-0.1, -0.05) is 32.1 Å². The van der Waals surface area contributed by atoms with Crippen LogP contribution in [0.25, 0.3) is 0 Å². The van der Waals surface area contributed by atoms with Crippen LogP contribution in [0.1, 0.15) is 51.0 Å². The van der Waals surface area contributed by atoms with Crippen molar-refractivity contribution in [3.05, 3.63) is 12.7 Å². The van der Waals surface area contributed by atoms with Gasteiger partial charge in [-0.2, -0.15) is 5.10 Å². The van der Waals surface area contributed by atoms with Gasteiger partial charge in [-0.05, 0) is 30.6 Å². The van der Waals surface area contributed by atoms with E-state index in [2.05, 4.69) is 15.4 Å². The van der Waals surface area contributed by atoms with Crippen molar-refractivity contribution in [2.45, 2.75) is 51.0 Å². The fourth-order valence-corrected chi connectivity index (χ4v) is 4.52. The van der Waals surface area contributed by atoms with Crippen LogP contribution in [0, 0.1) is 17.8 Å². The highest BCUT2D eigenvalue weighted by Crippen LogP contribution is 2.48. The first-order chi connectivity index (χ1) is 11.3. The lowest BCUT2D eigenvalue weighted by Gasteiger charge is -2.22. The molecule has 2 heterocycles. The van der Waals surface area contributed by atoms with E-state index in [1.807, 2.05) is 9.58 Å². The van der Waals surface area contributed by atoms with Gasteiger partial charge in [-0.25, -0.2) is 14.5 Å². The van der Waals surface area contributed by atoms with Gasteiger partial charge in [0.25, 0.3) is 0 Å². The molecule has 2 amide bonds. The first kappa shape index (κ1) is 15.0. The van der Waals surface area contributed by atoms with Gasteiger partial charge in [0.1, 0.15) is 12.7 Å². The van der Waals surface area contributed by atoms with Crippen LogP contribution < -0.4 is 5.32 Å². The molecule has 1 unspecified atom stereocenters. The van der Waals surface area contributed by atoms with Crippen molar-refractivity contribution < 1.29 is 4.79 Å². The number of nitrogens with one attached hydrogen (secondary N) is 1. The lowest BCUT2D eigenvalue weighted by Crippen LogP contribution is -2.39. The molecular weight excluding hydrogens is 290 g/mol. The summed E-state index contributed by atoms with van der Waals surface area (Å²) in [6, 6.07) is 0.376. The average molecular weight is 317 g/mol. The monoisotopic (exact) mass is 317 g/mol. The van der Waals surface area contributed by atoms with Crippen LogP contribution in [-0.4, -0.2) is 45.3 Å². The van der Waals surface area contributed by atoms with Gasteiger partial charge in [-0.3, -0.25) is 0 Å². The second-order valence-electron chi connectivity index (χ2n) is 7.51. The van der Waals surface area contributed by atoms with Crippen LogP contribution in [0.15, 0.2) is 12.7 Å². The Hall–Kier alpha value is -1.59. The van der Waals surface area contributed by atoms with Crippen molar-refractivity contribution in [1.82, 2.24) is 25.0 Å². The minimum Gasteiger partial charge on any atom is -0.338 e. The molecule has 3 atom stereocenters. The number of amides is 2. The average Bonchev–Trinajstić information content (AvgIpc) is 2.99. The normalized spacial score (nSPS) is 31.3. The summed E-state index contributed by atoms with van der Waals surface area (Å²) in [4.78, 5) is 18.3. The molecule has 3 fully saturated rings. The Kier molecular flexibility index (Phi) is 4.23. The Morgan fingerprint density at radius 1 is 1.22 bits per heavy atom. The Morgan fingerprint density at radius 2 is 2.09 bits per heavy atom. The molecule has 126 valence electrons. The van der Waals surface area contributed by atoms with Crippen molar-refractivity contribution in [3.63, 3.8) is 0 Å². The summed E-state index contributed by atoms with van der Waals surface area (Å²) in [5.41, 5.74) is 0. The van der Waals surface area contributed by atoms with E-state index in [-0.39, 0.29) is 12.1 Å². The predicted molar refractivity (Wildman–Crippen MR) is 86.8 cm³/mol. The fourth-order valence-electron chi connectivity index (χ4n) is 4.52. The summed E-state index contributed by atoms with van der Waals surface area (Å²) in [5.74, 6) is 2.56. The van der Waals surface area contributed by atoms with Gasteiger partial charge >= 0.3 is 6.03 Å². The van der Waals surface area contributed by atoms with Gasteiger partial charge in [0.15, 0.2) is 0 Å². The number of carbonyl (C=O) groups is 1. The summed E-state index contributed by atoms with van der Waals surface area (Å²) in [6.45, 7) is 2.42. The van der Waals surface area contributed by atoms with Crippen LogP contribution in [0.4, 0.5) is 4.79 Å². The molecular formula is C17H27N5O. The molecule has 1 aromatic rings. The largest absolute Gasteiger partial charge is 0.338 e. The van der Waals surface area contributed by atoms with E-state index in [0.717, 1.165) is 43.8 Å². The predicted octanol–water partition coefficient (Wildman–Crippen LogP) is 2.45. The van der Waals surface area contributed by atoms with E-state index in [9.17, 15) is 4.79 Å². The lowest BCUT2D eigenvalue weighted by atomic mass is 9.85. The summed E-state index contributed by atoms with van der Waals surface area (Å²) < 4.78 is 1.87. The molecule has 1 aliphatic heterocycles. The molecule has 0 aromatic carbocycles. The molecule has 1 aromatic heterocycles. The lowest BCUT2D eigenvalue weighted by molar-refractivity contribution is 0.205. The third-order valence-corrected chi connectivity index (χ3v) is 6.01. The second kappa shape index (κ2) is 6.49. The topological polar surface area (TPSA) is 63.1 Å². The first-order valence-electron chi connectivity index (χ1n) is 9.18. The number of likely N-dealkylation sites (tertiary alicyclic amines) is 1. The number of carbonyl (C=O) groups excluding carboxylic acids is 1. The van der Waals surface area contributed by atoms with Crippen LogP contribution in [0.5, 0.6) is 0 Å². The van der Waals surface area contributed by atoms with E-state index in [0.29, 0.717) is 0 Å². The van der Waals surface area contributed by atoms with Crippen molar-refractivity contribution in [3.8, 4) is 0 Å². The number of aromatic nitrogens is 3.